The molecule has 10 heteroatoms. The maximum atomic E-state index is 13.4. The van der Waals surface area contributed by atoms with Gasteiger partial charge in [0.25, 0.3) is 5.56 Å². The Bertz CT molecular complexity index is 1490. The summed E-state index contributed by atoms with van der Waals surface area (Å²) in [6.07, 6.45) is 2.12. The van der Waals surface area contributed by atoms with E-state index in [1.54, 1.807) is 10.6 Å². The molecule has 5 N–H and O–H groups in total. The zero-order valence-electron chi connectivity index (χ0n) is 17.5. The molecule has 0 radical (unpaired) electrons. The van der Waals surface area contributed by atoms with Crippen molar-refractivity contribution in [1.29, 1.82) is 0 Å². The molecule has 3 heterocycles. The van der Waals surface area contributed by atoms with E-state index >= 15 is 0 Å². The predicted octanol–water partition coefficient (Wildman–Crippen LogP) is 2.91. The fraction of sp³-hybridized carbons (Fsp3) is 0.136. The number of aromatic amines is 1. The molecule has 0 unspecified atom stereocenters. The second-order valence-corrected chi connectivity index (χ2v) is 7.04. The minimum Gasteiger partial charge on any atom is -0.382 e. The molecule has 0 saturated carbocycles. The minimum atomic E-state index is -0.429. The van der Waals surface area contributed by atoms with Crippen LogP contribution in [0.25, 0.3) is 27.8 Å². The first-order valence-electron chi connectivity index (χ1n) is 9.88. The highest BCUT2D eigenvalue weighted by Crippen LogP contribution is 2.17. The van der Waals surface area contributed by atoms with E-state index in [1.807, 2.05) is 38.1 Å². The van der Waals surface area contributed by atoms with Gasteiger partial charge in [-0.1, -0.05) is 25.1 Å². The summed E-state index contributed by atoms with van der Waals surface area (Å²) in [4.78, 5) is 31.5. The van der Waals surface area contributed by atoms with Crippen LogP contribution in [0.1, 0.15) is 18.3 Å². The number of H-pyrrole nitrogens is 1. The minimum absolute atomic E-state index is 0.141. The highest BCUT2D eigenvalue weighted by atomic mass is 19.1. The summed E-state index contributed by atoms with van der Waals surface area (Å²) in [5, 5.41) is 0.301. The Labute approximate surface area is 182 Å². The number of anilines is 2. The van der Waals surface area contributed by atoms with Crippen LogP contribution in [0.5, 0.6) is 0 Å². The van der Waals surface area contributed by atoms with E-state index in [2.05, 4.69) is 24.9 Å². The van der Waals surface area contributed by atoms with Crippen LogP contribution < -0.4 is 17.0 Å². The maximum Gasteiger partial charge on any atom is 0.266 e. The molecule has 32 heavy (non-hydrogen) atoms. The van der Waals surface area contributed by atoms with Crippen molar-refractivity contribution in [3.8, 4) is 5.69 Å². The average molecular weight is 432 g/mol. The molecular formula is C22H21FN8O. The topological polar surface area (TPSA) is 141 Å². The number of nitrogens with two attached hydrogens (primary N) is 2. The third-order valence-electron chi connectivity index (χ3n) is 4.90. The van der Waals surface area contributed by atoms with E-state index in [-0.39, 0.29) is 11.5 Å². The van der Waals surface area contributed by atoms with Gasteiger partial charge >= 0.3 is 0 Å². The van der Waals surface area contributed by atoms with Crippen molar-refractivity contribution in [1.82, 2.24) is 29.5 Å². The summed E-state index contributed by atoms with van der Waals surface area (Å²) in [6.45, 7) is 3.89. The molecule has 0 bridgehead atoms. The van der Waals surface area contributed by atoms with Gasteiger partial charge in [0.05, 0.1) is 22.9 Å². The van der Waals surface area contributed by atoms with Gasteiger partial charge in [0.1, 0.15) is 17.2 Å². The lowest BCUT2D eigenvalue weighted by Gasteiger charge is -2.14. The Hall–Kier alpha value is -4.34. The molecule has 0 spiro atoms. The van der Waals surface area contributed by atoms with Gasteiger partial charge < -0.3 is 16.5 Å². The lowest BCUT2D eigenvalue weighted by Crippen LogP contribution is -2.24. The van der Waals surface area contributed by atoms with Crippen LogP contribution in [0.15, 0.2) is 53.6 Å². The second kappa shape index (κ2) is 8.42. The maximum absolute atomic E-state index is 13.4. The van der Waals surface area contributed by atoms with Crippen LogP contribution in [0.4, 0.5) is 16.2 Å². The van der Waals surface area contributed by atoms with E-state index in [0.717, 1.165) is 11.3 Å². The molecule has 0 atom stereocenters. The van der Waals surface area contributed by atoms with Gasteiger partial charge in [-0.05, 0) is 36.8 Å². The SMILES string of the molecule is CCc1nc2ccc(F)cc2c(=O)n1-c1ccccc1C.Nc1nc(N)c2[nH]cnc2n1. The number of imidazole rings is 1. The molecule has 3 aromatic heterocycles. The molecule has 162 valence electrons. The lowest BCUT2D eigenvalue weighted by atomic mass is 10.1. The van der Waals surface area contributed by atoms with Crippen LogP contribution in [0.2, 0.25) is 0 Å². The number of nitrogen functional groups attached to an aromatic ring is 2. The highest BCUT2D eigenvalue weighted by Gasteiger charge is 2.13. The van der Waals surface area contributed by atoms with Gasteiger partial charge in [-0.2, -0.15) is 9.97 Å². The van der Waals surface area contributed by atoms with Crippen LogP contribution in [-0.4, -0.2) is 29.5 Å². The molecule has 0 fully saturated rings. The van der Waals surface area contributed by atoms with E-state index in [9.17, 15) is 9.18 Å². The Morgan fingerprint density at radius 3 is 2.62 bits per heavy atom. The zero-order chi connectivity index (χ0) is 22.8. The molecule has 0 amide bonds. The Morgan fingerprint density at radius 1 is 1.09 bits per heavy atom. The van der Waals surface area contributed by atoms with Crippen LogP contribution in [0.3, 0.4) is 0 Å². The number of para-hydroxylation sites is 1. The third-order valence-corrected chi connectivity index (χ3v) is 4.90. The van der Waals surface area contributed by atoms with Gasteiger partial charge in [0.15, 0.2) is 11.5 Å². The quantitative estimate of drug-likeness (QED) is 0.389. The number of benzene rings is 2. The number of hydrogen-bond donors (Lipinski definition) is 3. The van der Waals surface area contributed by atoms with Crippen molar-refractivity contribution in [3.05, 3.63) is 76.4 Å². The average Bonchev–Trinajstić information content (AvgIpc) is 3.24. The first-order valence-corrected chi connectivity index (χ1v) is 9.88. The van der Waals surface area contributed by atoms with E-state index in [4.69, 9.17) is 11.5 Å². The summed E-state index contributed by atoms with van der Waals surface area (Å²) >= 11 is 0. The van der Waals surface area contributed by atoms with Gasteiger partial charge in [-0.3, -0.25) is 9.36 Å². The molecule has 2 aromatic carbocycles. The molecule has 0 aliphatic carbocycles. The van der Waals surface area contributed by atoms with Crippen molar-refractivity contribution in [2.24, 2.45) is 0 Å². The first kappa shape index (κ1) is 20.9. The zero-order valence-corrected chi connectivity index (χ0v) is 17.5. The molecular weight excluding hydrogens is 411 g/mol. The van der Waals surface area contributed by atoms with E-state index in [1.165, 1.54) is 18.5 Å². The summed E-state index contributed by atoms with van der Waals surface area (Å²) in [5.74, 6) is 0.711. The van der Waals surface area contributed by atoms with Gasteiger partial charge in [-0.15, -0.1) is 0 Å². The molecule has 5 aromatic rings. The molecule has 0 saturated heterocycles. The first-order chi connectivity index (χ1) is 15.4. The Morgan fingerprint density at radius 2 is 1.88 bits per heavy atom. The van der Waals surface area contributed by atoms with Crippen molar-refractivity contribution < 1.29 is 4.39 Å². The number of halogens is 1. The lowest BCUT2D eigenvalue weighted by molar-refractivity contribution is 0.629. The number of aromatic nitrogens is 6. The summed E-state index contributed by atoms with van der Waals surface area (Å²) in [5.41, 5.74) is 14.0. The molecule has 5 rings (SSSR count). The normalized spacial score (nSPS) is 10.8. The summed E-state index contributed by atoms with van der Waals surface area (Å²) < 4.78 is 15.0. The highest BCUT2D eigenvalue weighted by molar-refractivity contribution is 5.81. The summed E-state index contributed by atoms with van der Waals surface area (Å²) in [6, 6.07) is 11.7. The predicted molar refractivity (Wildman–Crippen MR) is 122 cm³/mol. The number of nitrogens with one attached hydrogen (secondary N) is 1. The van der Waals surface area contributed by atoms with E-state index < -0.39 is 5.82 Å². The van der Waals surface area contributed by atoms with Crippen LogP contribution in [-0.2, 0) is 6.42 Å². The number of rotatable bonds is 2. The van der Waals surface area contributed by atoms with Crippen LogP contribution >= 0.6 is 0 Å². The fourth-order valence-corrected chi connectivity index (χ4v) is 3.38. The Kier molecular flexibility index (Phi) is 5.50. The second-order valence-electron chi connectivity index (χ2n) is 7.04. The Balaban J connectivity index is 0.000000186. The largest absolute Gasteiger partial charge is 0.382 e. The summed E-state index contributed by atoms with van der Waals surface area (Å²) in [7, 11) is 0. The standard InChI is InChI=1S/C17H15FN2O.C5H6N6/c1-3-16-19-14-9-8-12(18)10-13(14)17(21)20(16)15-7-5-4-6-11(15)2;6-3-2-4(9-1-8-2)11-5(7)10-3/h4-10H,3H2,1-2H3;1H,(H5,6,7,8,9,10,11). The van der Waals surface area contributed by atoms with Gasteiger partial charge in [0, 0.05) is 6.42 Å². The smallest absolute Gasteiger partial charge is 0.266 e. The number of nitrogens with zero attached hydrogens (tertiary/aromatic N) is 5. The number of aryl methyl sites for hydroxylation is 2. The van der Waals surface area contributed by atoms with Crippen molar-refractivity contribution in [3.63, 3.8) is 0 Å². The number of hydrogen-bond acceptors (Lipinski definition) is 7. The van der Waals surface area contributed by atoms with E-state index in [0.29, 0.717) is 40.1 Å². The molecule has 0 aliphatic heterocycles. The third kappa shape index (κ3) is 3.85. The van der Waals surface area contributed by atoms with Gasteiger partial charge in [-0.25, -0.2) is 14.4 Å². The van der Waals surface area contributed by atoms with Gasteiger partial charge in [0.2, 0.25) is 5.95 Å². The van der Waals surface area contributed by atoms with Crippen molar-refractivity contribution in [2.75, 3.05) is 11.5 Å². The van der Waals surface area contributed by atoms with Crippen LogP contribution in [0, 0.1) is 12.7 Å². The monoisotopic (exact) mass is 432 g/mol. The number of fused-ring (bicyclic) bond motifs is 2. The van der Waals surface area contributed by atoms with Crippen molar-refractivity contribution >= 4 is 33.8 Å². The molecule has 9 nitrogen and oxygen atoms in total. The van der Waals surface area contributed by atoms with Crippen molar-refractivity contribution in [2.45, 2.75) is 20.3 Å². The fourth-order valence-electron chi connectivity index (χ4n) is 3.38. The molecule has 0 aliphatic rings.